The Bertz CT molecular complexity index is 471. The lowest BCUT2D eigenvalue weighted by Crippen LogP contribution is -1.99. The van der Waals surface area contributed by atoms with E-state index in [9.17, 15) is 0 Å². The monoisotopic (exact) mass is 231 g/mol. The molecule has 0 unspecified atom stereocenters. The molecule has 1 heterocycles. The van der Waals surface area contributed by atoms with Crippen molar-refractivity contribution in [1.29, 1.82) is 0 Å². The van der Waals surface area contributed by atoms with Crippen LogP contribution in [0.2, 0.25) is 0 Å². The summed E-state index contributed by atoms with van der Waals surface area (Å²) in [6.07, 6.45) is 0.799. The zero-order valence-corrected chi connectivity index (χ0v) is 9.87. The first kappa shape index (κ1) is 11.0. The molecule has 0 spiro atoms. The number of nitrogen functional groups attached to an aromatic ring is 1. The Hall–Kier alpha value is -1.55. The number of anilines is 1. The van der Waals surface area contributed by atoms with Crippen LogP contribution < -0.4 is 5.73 Å². The van der Waals surface area contributed by atoms with Gasteiger partial charge in [-0.25, -0.2) is 9.97 Å². The number of rotatable bonds is 3. The molecular formula is C12H13N3S. The fourth-order valence-corrected chi connectivity index (χ4v) is 2.18. The lowest BCUT2D eigenvalue weighted by Gasteiger charge is -2.03. The van der Waals surface area contributed by atoms with Crippen molar-refractivity contribution in [3.63, 3.8) is 0 Å². The van der Waals surface area contributed by atoms with Gasteiger partial charge in [0.25, 0.3) is 0 Å². The van der Waals surface area contributed by atoms with E-state index < -0.39 is 0 Å². The summed E-state index contributed by atoms with van der Waals surface area (Å²) >= 11 is 1.60. The number of hydrogen-bond donors (Lipinski definition) is 1. The van der Waals surface area contributed by atoms with Gasteiger partial charge in [0.1, 0.15) is 16.7 Å². The van der Waals surface area contributed by atoms with Crippen molar-refractivity contribution in [2.24, 2.45) is 0 Å². The zero-order valence-electron chi connectivity index (χ0n) is 9.05. The number of hydrogen-bond acceptors (Lipinski definition) is 4. The fraction of sp³-hybridized carbons (Fsp3) is 0.167. The van der Waals surface area contributed by atoms with Gasteiger partial charge in [-0.1, -0.05) is 36.9 Å². The van der Waals surface area contributed by atoms with E-state index in [1.54, 1.807) is 17.8 Å². The lowest BCUT2D eigenvalue weighted by atomic mass is 10.4. The van der Waals surface area contributed by atoms with Crippen molar-refractivity contribution < 1.29 is 0 Å². The average Bonchev–Trinajstić information content (AvgIpc) is 2.29. The lowest BCUT2D eigenvalue weighted by molar-refractivity contribution is 0.894. The van der Waals surface area contributed by atoms with E-state index in [-0.39, 0.29) is 0 Å². The molecule has 1 aromatic carbocycles. The average molecular weight is 231 g/mol. The first-order valence-corrected chi connectivity index (χ1v) is 5.96. The van der Waals surface area contributed by atoms with Crippen LogP contribution in [0.5, 0.6) is 0 Å². The molecular weight excluding hydrogens is 218 g/mol. The quantitative estimate of drug-likeness (QED) is 0.825. The van der Waals surface area contributed by atoms with Gasteiger partial charge in [0.15, 0.2) is 0 Å². The normalized spacial score (nSPS) is 10.3. The number of nitrogens with zero attached hydrogens (tertiary/aromatic N) is 2. The van der Waals surface area contributed by atoms with Gasteiger partial charge in [0, 0.05) is 17.4 Å². The summed E-state index contributed by atoms with van der Waals surface area (Å²) in [5.41, 5.74) is 5.72. The van der Waals surface area contributed by atoms with Gasteiger partial charge in [-0.05, 0) is 12.1 Å². The molecule has 3 nitrogen and oxygen atoms in total. The van der Waals surface area contributed by atoms with E-state index in [0.717, 1.165) is 22.2 Å². The molecule has 0 aliphatic heterocycles. The van der Waals surface area contributed by atoms with Crippen LogP contribution in [-0.4, -0.2) is 9.97 Å². The minimum absolute atomic E-state index is 0.533. The van der Waals surface area contributed by atoms with Crippen molar-refractivity contribution in [2.45, 2.75) is 23.3 Å². The van der Waals surface area contributed by atoms with E-state index in [1.165, 1.54) is 0 Å². The zero-order chi connectivity index (χ0) is 11.4. The highest BCUT2D eigenvalue weighted by Gasteiger charge is 2.02. The highest BCUT2D eigenvalue weighted by molar-refractivity contribution is 7.99. The first-order chi connectivity index (χ1) is 7.78. The topological polar surface area (TPSA) is 51.8 Å². The van der Waals surface area contributed by atoms with Crippen LogP contribution in [0.3, 0.4) is 0 Å². The Morgan fingerprint density at radius 3 is 2.62 bits per heavy atom. The molecule has 82 valence electrons. The van der Waals surface area contributed by atoms with Crippen LogP contribution >= 0.6 is 11.8 Å². The third-order valence-corrected chi connectivity index (χ3v) is 2.98. The molecule has 4 heteroatoms. The molecule has 0 bridgehead atoms. The molecule has 0 radical (unpaired) electrons. The van der Waals surface area contributed by atoms with E-state index in [2.05, 4.69) is 22.1 Å². The smallest absolute Gasteiger partial charge is 0.131 e. The maximum Gasteiger partial charge on any atom is 0.131 e. The highest BCUT2D eigenvalue weighted by atomic mass is 32.2. The molecule has 16 heavy (non-hydrogen) atoms. The molecule has 2 N–H and O–H groups in total. The predicted molar refractivity (Wildman–Crippen MR) is 66.4 cm³/mol. The van der Waals surface area contributed by atoms with Gasteiger partial charge >= 0.3 is 0 Å². The molecule has 2 aromatic rings. The Kier molecular flexibility index (Phi) is 3.41. The fourth-order valence-electron chi connectivity index (χ4n) is 1.31. The molecule has 1 aromatic heterocycles. The SMILES string of the molecule is CCc1nc(N)cc(Sc2ccccc2)n1. The third kappa shape index (κ3) is 2.73. The van der Waals surface area contributed by atoms with Crippen LogP contribution in [0.15, 0.2) is 46.3 Å². The highest BCUT2D eigenvalue weighted by Crippen LogP contribution is 2.26. The second-order valence-electron chi connectivity index (χ2n) is 3.32. The van der Waals surface area contributed by atoms with Crippen LogP contribution in [0, 0.1) is 0 Å². The maximum absolute atomic E-state index is 5.72. The van der Waals surface area contributed by atoms with Crippen molar-refractivity contribution in [3.8, 4) is 0 Å². The van der Waals surface area contributed by atoms with Gasteiger partial charge in [-0.2, -0.15) is 0 Å². The molecule has 0 saturated heterocycles. The molecule has 0 saturated carbocycles. The van der Waals surface area contributed by atoms with E-state index in [1.807, 2.05) is 25.1 Å². The van der Waals surface area contributed by atoms with Crippen molar-refractivity contribution in [1.82, 2.24) is 9.97 Å². The van der Waals surface area contributed by atoms with Crippen LogP contribution in [0.1, 0.15) is 12.7 Å². The summed E-state index contributed by atoms with van der Waals surface area (Å²) in [5.74, 6) is 1.32. The van der Waals surface area contributed by atoms with Crippen LogP contribution in [0.4, 0.5) is 5.82 Å². The summed E-state index contributed by atoms with van der Waals surface area (Å²) in [7, 11) is 0. The van der Waals surface area contributed by atoms with E-state index in [4.69, 9.17) is 5.73 Å². The van der Waals surface area contributed by atoms with Gasteiger partial charge in [-0.3, -0.25) is 0 Å². The Morgan fingerprint density at radius 1 is 1.19 bits per heavy atom. The molecule has 0 aliphatic carbocycles. The molecule has 0 fully saturated rings. The summed E-state index contributed by atoms with van der Waals surface area (Å²) in [6.45, 7) is 2.02. The summed E-state index contributed by atoms with van der Waals surface area (Å²) in [4.78, 5) is 9.72. The summed E-state index contributed by atoms with van der Waals surface area (Å²) < 4.78 is 0. The molecule has 2 rings (SSSR count). The number of benzene rings is 1. The number of nitrogens with two attached hydrogens (primary N) is 1. The Balaban J connectivity index is 2.24. The first-order valence-electron chi connectivity index (χ1n) is 5.14. The minimum Gasteiger partial charge on any atom is -0.384 e. The molecule has 0 atom stereocenters. The number of aryl methyl sites for hydroxylation is 1. The minimum atomic E-state index is 0.533. The second-order valence-corrected chi connectivity index (χ2v) is 4.41. The van der Waals surface area contributed by atoms with Crippen molar-refractivity contribution in [2.75, 3.05) is 5.73 Å². The van der Waals surface area contributed by atoms with Crippen LogP contribution in [0.25, 0.3) is 0 Å². The Labute approximate surface area is 99.1 Å². The van der Waals surface area contributed by atoms with E-state index in [0.29, 0.717) is 5.82 Å². The second kappa shape index (κ2) is 4.99. The molecule has 0 aliphatic rings. The Morgan fingerprint density at radius 2 is 1.94 bits per heavy atom. The third-order valence-electron chi connectivity index (χ3n) is 2.05. The van der Waals surface area contributed by atoms with Gasteiger partial charge < -0.3 is 5.73 Å². The van der Waals surface area contributed by atoms with Gasteiger partial charge in [-0.15, -0.1) is 0 Å². The van der Waals surface area contributed by atoms with Gasteiger partial charge in [0.2, 0.25) is 0 Å². The van der Waals surface area contributed by atoms with Crippen LogP contribution in [-0.2, 0) is 6.42 Å². The maximum atomic E-state index is 5.72. The molecule has 0 amide bonds. The summed E-state index contributed by atoms with van der Waals surface area (Å²) in [6, 6.07) is 11.9. The largest absolute Gasteiger partial charge is 0.384 e. The summed E-state index contributed by atoms with van der Waals surface area (Å²) in [5, 5.41) is 0.899. The van der Waals surface area contributed by atoms with Crippen molar-refractivity contribution >= 4 is 17.6 Å². The van der Waals surface area contributed by atoms with Gasteiger partial charge in [0.05, 0.1) is 0 Å². The van der Waals surface area contributed by atoms with Crippen molar-refractivity contribution in [3.05, 3.63) is 42.2 Å². The predicted octanol–water partition coefficient (Wildman–Crippen LogP) is 2.77. The standard InChI is InChI=1S/C12H13N3S/c1-2-11-14-10(13)8-12(15-11)16-9-6-4-3-5-7-9/h3-8H,2H2,1H3,(H2,13,14,15). The van der Waals surface area contributed by atoms with E-state index >= 15 is 0 Å². The number of aromatic nitrogens is 2.